The van der Waals surface area contributed by atoms with Crippen LogP contribution in [0.5, 0.6) is 0 Å². The van der Waals surface area contributed by atoms with Crippen LogP contribution in [-0.2, 0) is 4.74 Å². The van der Waals surface area contributed by atoms with E-state index in [9.17, 15) is 4.79 Å². The molecule has 1 atom stereocenters. The zero-order chi connectivity index (χ0) is 17.1. The van der Waals surface area contributed by atoms with Crippen LogP contribution in [0.1, 0.15) is 51.1 Å². The predicted molar refractivity (Wildman–Crippen MR) is 90.8 cm³/mol. The van der Waals surface area contributed by atoms with Gasteiger partial charge in [0.25, 0.3) is 11.9 Å². The Morgan fingerprint density at radius 3 is 2.70 bits per heavy atom. The van der Waals surface area contributed by atoms with Crippen LogP contribution in [-0.4, -0.2) is 44.2 Å². The van der Waals surface area contributed by atoms with Gasteiger partial charge in [0.2, 0.25) is 0 Å². The van der Waals surface area contributed by atoms with Crippen molar-refractivity contribution in [3.8, 4) is 0 Å². The van der Waals surface area contributed by atoms with Crippen LogP contribution in [0.3, 0.4) is 0 Å². The number of rotatable bonds is 9. The summed E-state index contributed by atoms with van der Waals surface area (Å²) in [5, 5.41) is 2.66. The minimum atomic E-state index is -0.345. The first-order chi connectivity index (χ1) is 11.1. The number of quaternary nitrogens is 1. The Bertz CT molecular complexity index is 467. The van der Waals surface area contributed by atoms with E-state index in [0.717, 1.165) is 32.5 Å². The number of amidine groups is 1. The van der Waals surface area contributed by atoms with Crippen molar-refractivity contribution in [2.24, 2.45) is 4.99 Å². The van der Waals surface area contributed by atoms with Gasteiger partial charge in [-0.05, 0) is 52.7 Å². The molecule has 0 saturated carbocycles. The summed E-state index contributed by atoms with van der Waals surface area (Å²) >= 11 is 0. The van der Waals surface area contributed by atoms with Crippen molar-refractivity contribution in [1.29, 1.82) is 0 Å². The topological polar surface area (TPSA) is 68.3 Å². The molecule has 0 aromatic carbocycles. The molecule has 0 spiro atoms. The number of nitrogens with zero attached hydrogens (tertiary/aromatic N) is 1. The highest BCUT2D eigenvalue weighted by Gasteiger charge is 2.13. The maximum Gasteiger partial charge on any atom is 0.294 e. The van der Waals surface area contributed by atoms with Crippen LogP contribution >= 0.6 is 0 Å². The Morgan fingerprint density at radius 2 is 2.13 bits per heavy atom. The Balaban J connectivity index is 2.50. The predicted octanol–water partition coefficient (Wildman–Crippen LogP) is 1.50. The van der Waals surface area contributed by atoms with E-state index in [-0.39, 0.29) is 23.7 Å². The summed E-state index contributed by atoms with van der Waals surface area (Å²) in [5.74, 6) is -0.0998. The molecule has 0 fully saturated rings. The zero-order valence-corrected chi connectivity index (χ0v) is 14.7. The maximum absolute atomic E-state index is 12.0. The lowest BCUT2D eigenvalue weighted by Gasteiger charge is -2.16. The second-order valence-corrected chi connectivity index (χ2v) is 5.50. The highest BCUT2D eigenvalue weighted by Crippen LogP contribution is 2.03. The minimum Gasteiger partial charge on any atom is -0.465 e. The van der Waals surface area contributed by atoms with E-state index in [0.29, 0.717) is 6.61 Å². The Kier molecular flexibility index (Phi) is 9.05. The largest absolute Gasteiger partial charge is 0.465 e. The van der Waals surface area contributed by atoms with Gasteiger partial charge >= 0.3 is 0 Å². The number of aliphatic imine (C=N–C) groups is 1. The molecule has 1 aromatic rings. The summed E-state index contributed by atoms with van der Waals surface area (Å²) in [7, 11) is 0. The highest BCUT2D eigenvalue weighted by atomic mass is 16.5. The molecule has 0 aliphatic rings. The van der Waals surface area contributed by atoms with Crippen LogP contribution in [0.4, 0.5) is 0 Å². The number of carbonyl (C=O) groups is 1. The standard InChI is InChI=1S/C17H29N3O3/c1-5-20(6-2)12-8-10-14(4)18-17(22-7-3)19-16(21)15-11-9-13-23-15/h9,11,13-14H,5-8,10,12H2,1-4H3,(H,18,19,21)/p+1/t14-/m0/s1. The van der Waals surface area contributed by atoms with E-state index in [1.165, 1.54) is 6.26 Å². The van der Waals surface area contributed by atoms with Crippen molar-refractivity contribution < 1.29 is 18.8 Å². The molecule has 0 radical (unpaired) electrons. The summed E-state index contributed by atoms with van der Waals surface area (Å²) in [4.78, 5) is 18.1. The van der Waals surface area contributed by atoms with Gasteiger partial charge in [0.1, 0.15) is 0 Å². The van der Waals surface area contributed by atoms with Gasteiger partial charge in [-0.15, -0.1) is 0 Å². The summed E-state index contributed by atoms with van der Waals surface area (Å²) < 4.78 is 10.5. The molecule has 0 aliphatic carbocycles. The van der Waals surface area contributed by atoms with E-state index in [2.05, 4.69) is 24.2 Å². The number of amides is 1. The minimum absolute atomic E-state index is 0.100. The van der Waals surface area contributed by atoms with E-state index >= 15 is 0 Å². The van der Waals surface area contributed by atoms with E-state index < -0.39 is 0 Å². The number of furan rings is 1. The zero-order valence-electron chi connectivity index (χ0n) is 14.7. The third-order valence-electron chi connectivity index (χ3n) is 3.74. The van der Waals surface area contributed by atoms with E-state index in [1.54, 1.807) is 17.0 Å². The van der Waals surface area contributed by atoms with Gasteiger partial charge < -0.3 is 14.1 Å². The molecule has 130 valence electrons. The number of hydrogen-bond donors (Lipinski definition) is 2. The van der Waals surface area contributed by atoms with E-state index in [4.69, 9.17) is 9.15 Å². The highest BCUT2D eigenvalue weighted by molar-refractivity contribution is 6.02. The van der Waals surface area contributed by atoms with Crippen molar-refractivity contribution in [3.63, 3.8) is 0 Å². The molecule has 2 N–H and O–H groups in total. The third-order valence-corrected chi connectivity index (χ3v) is 3.74. The second kappa shape index (κ2) is 10.8. The molecule has 0 bridgehead atoms. The van der Waals surface area contributed by atoms with Gasteiger partial charge in [-0.3, -0.25) is 10.1 Å². The lowest BCUT2D eigenvalue weighted by molar-refractivity contribution is -0.896. The fourth-order valence-electron chi connectivity index (χ4n) is 2.32. The maximum atomic E-state index is 12.0. The summed E-state index contributed by atoms with van der Waals surface area (Å²) in [6, 6.07) is 3.64. The summed E-state index contributed by atoms with van der Waals surface area (Å²) in [6.45, 7) is 12.2. The number of hydrogen-bond acceptors (Lipinski definition) is 4. The third kappa shape index (κ3) is 7.32. The molecule has 1 aromatic heterocycles. The van der Waals surface area contributed by atoms with Crippen molar-refractivity contribution >= 4 is 11.9 Å². The second-order valence-electron chi connectivity index (χ2n) is 5.50. The molecule has 23 heavy (non-hydrogen) atoms. The molecule has 6 heteroatoms. The molecular formula is C17H30N3O3+. The van der Waals surface area contributed by atoms with Crippen LogP contribution in [0.15, 0.2) is 27.8 Å². The summed E-state index contributed by atoms with van der Waals surface area (Å²) in [5.41, 5.74) is 0. The van der Waals surface area contributed by atoms with E-state index in [1.807, 2.05) is 13.8 Å². The quantitative estimate of drug-likeness (QED) is 0.534. The Hall–Kier alpha value is -1.82. The number of ether oxygens (including phenoxy) is 1. The molecular weight excluding hydrogens is 294 g/mol. The molecule has 1 rings (SSSR count). The van der Waals surface area contributed by atoms with Gasteiger partial charge in [-0.1, -0.05) is 0 Å². The van der Waals surface area contributed by atoms with Crippen molar-refractivity contribution in [1.82, 2.24) is 5.32 Å². The smallest absolute Gasteiger partial charge is 0.294 e. The van der Waals surface area contributed by atoms with Crippen LogP contribution in [0.25, 0.3) is 0 Å². The SMILES string of the molecule is CCOC(=N[C@@H](C)CCC[NH+](CC)CC)NC(=O)c1ccco1. The lowest BCUT2D eigenvalue weighted by atomic mass is 10.2. The fraction of sp³-hybridized carbons (Fsp3) is 0.647. The summed E-state index contributed by atoms with van der Waals surface area (Å²) in [6.07, 6.45) is 3.54. The van der Waals surface area contributed by atoms with Gasteiger partial charge in [0, 0.05) is 0 Å². The normalized spacial score (nSPS) is 13.2. The van der Waals surface area contributed by atoms with Crippen LogP contribution < -0.4 is 10.2 Å². The molecule has 1 amide bonds. The van der Waals surface area contributed by atoms with Gasteiger partial charge in [-0.25, -0.2) is 4.99 Å². The lowest BCUT2D eigenvalue weighted by Crippen LogP contribution is -3.11. The van der Waals surface area contributed by atoms with Crippen LogP contribution in [0, 0.1) is 0 Å². The molecule has 6 nitrogen and oxygen atoms in total. The van der Waals surface area contributed by atoms with Gasteiger partial charge in [-0.2, -0.15) is 0 Å². The average Bonchev–Trinajstić information content (AvgIpc) is 3.06. The first-order valence-corrected chi connectivity index (χ1v) is 8.49. The average molecular weight is 324 g/mol. The van der Waals surface area contributed by atoms with Crippen molar-refractivity contribution in [2.75, 3.05) is 26.2 Å². The molecule has 0 unspecified atom stereocenters. The van der Waals surface area contributed by atoms with Crippen molar-refractivity contribution in [2.45, 2.75) is 46.6 Å². The monoisotopic (exact) mass is 324 g/mol. The number of carbonyl (C=O) groups excluding carboxylic acids is 1. The first kappa shape index (κ1) is 19.2. The molecule has 1 heterocycles. The fourth-order valence-corrected chi connectivity index (χ4v) is 2.32. The van der Waals surface area contributed by atoms with Crippen molar-refractivity contribution in [3.05, 3.63) is 24.2 Å². The van der Waals surface area contributed by atoms with Gasteiger partial charge in [0.15, 0.2) is 5.76 Å². The first-order valence-electron chi connectivity index (χ1n) is 8.49. The Labute approximate surface area is 138 Å². The number of nitrogens with one attached hydrogen (secondary N) is 2. The molecule has 0 saturated heterocycles. The Morgan fingerprint density at radius 1 is 1.39 bits per heavy atom. The molecule has 0 aliphatic heterocycles. The van der Waals surface area contributed by atoms with Crippen LogP contribution in [0.2, 0.25) is 0 Å². The van der Waals surface area contributed by atoms with Gasteiger partial charge in [0.05, 0.1) is 38.5 Å².